The molecule has 0 spiro atoms. The maximum atomic E-state index is 13.1. The second-order valence-corrected chi connectivity index (χ2v) is 12.6. The van der Waals surface area contributed by atoms with E-state index in [1.807, 2.05) is 24.3 Å². The van der Waals surface area contributed by atoms with Gasteiger partial charge in [0, 0.05) is 22.7 Å². The summed E-state index contributed by atoms with van der Waals surface area (Å²) in [5.74, 6) is 6.44. The summed E-state index contributed by atoms with van der Waals surface area (Å²) in [5, 5.41) is 0. The number of alkyl halides is 3. The van der Waals surface area contributed by atoms with E-state index < -0.39 is 31.0 Å². The van der Waals surface area contributed by atoms with Crippen LogP contribution in [-0.4, -0.2) is 33.9 Å². The minimum atomic E-state index is -4.93. The number of aryl methyl sites for hydroxylation is 1. The molecular weight excluding hydrogens is 537 g/mol. The van der Waals surface area contributed by atoms with Gasteiger partial charge in [0.2, 0.25) is 5.89 Å². The van der Waals surface area contributed by atoms with Crippen LogP contribution in [-0.2, 0) is 20.6 Å². The topological polar surface area (TPSA) is 90.1 Å². The molecule has 196 valence electrons. The maximum Gasteiger partial charge on any atom is 0.475 e. The zero-order valence-corrected chi connectivity index (χ0v) is 21.9. The molecule has 2 heterocycles. The number of aromatic nitrogens is 2. The van der Waals surface area contributed by atoms with Gasteiger partial charge in [-0.2, -0.15) is 13.2 Å². The predicted molar refractivity (Wildman–Crippen MR) is 137 cm³/mol. The van der Waals surface area contributed by atoms with Crippen LogP contribution in [0.3, 0.4) is 0 Å². The Hall–Kier alpha value is -3.49. The Balaban J connectivity index is 1.59. The van der Waals surface area contributed by atoms with E-state index in [9.17, 15) is 25.8 Å². The number of oxazole rings is 1. The zero-order valence-electron chi connectivity index (χ0n) is 20.3. The lowest BCUT2D eigenvalue weighted by atomic mass is 10.0. The van der Waals surface area contributed by atoms with Crippen LogP contribution in [0, 0.1) is 24.7 Å². The van der Waals surface area contributed by atoms with Crippen molar-refractivity contribution in [1.82, 2.24) is 9.97 Å². The highest BCUT2D eigenvalue weighted by Crippen LogP contribution is 2.35. The monoisotopic (exact) mass is 558 g/mol. The van der Waals surface area contributed by atoms with Gasteiger partial charge in [-0.05, 0) is 61.7 Å². The Morgan fingerprint density at radius 2 is 1.79 bits per heavy atom. The van der Waals surface area contributed by atoms with Gasteiger partial charge in [0.25, 0.3) is 0 Å². The molecule has 2 aromatic carbocycles. The third kappa shape index (κ3) is 5.24. The third-order valence-corrected chi connectivity index (χ3v) is 8.92. The number of halogens is 3. The summed E-state index contributed by atoms with van der Waals surface area (Å²) in [6, 6.07) is 12.2. The minimum absolute atomic E-state index is 0.00127. The molecule has 6 nitrogen and oxygen atoms in total. The van der Waals surface area contributed by atoms with Gasteiger partial charge in [-0.1, -0.05) is 30.9 Å². The largest absolute Gasteiger partial charge is 0.475 e. The molecule has 0 amide bonds. The summed E-state index contributed by atoms with van der Waals surface area (Å²) >= 11 is 0. The van der Waals surface area contributed by atoms with Gasteiger partial charge >= 0.3 is 5.51 Å². The van der Waals surface area contributed by atoms with Crippen molar-refractivity contribution in [1.29, 1.82) is 0 Å². The smallest absolute Gasteiger partial charge is 0.435 e. The molecule has 0 saturated heterocycles. The van der Waals surface area contributed by atoms with Crippen molar-refractivity contribution in [3.63, 3.8) is 0 Å². The van der Waals surface area contributed by atoms with E-state index >= 15 is 0 Å². The lowest BCUT2D eigenvalue weighted by molar-refractivity contribution is -0.0384. The van der Waals surface area contributed by atoms with Crippen LogP contribution >= 0.6 is 0 Å². The van der Waals surface area contributed by atoms with E-state index in [2.05, 4.69) is 21.8 Å². The third-order valence-electron chi connectivity index (χ3n) is 6.07. The van der Waals surface area contributed by atoms with Crippen LogP contribution in [0.2, 0.25) is 0 Å². The van der Waals surface area contributed by atoms with E-state index in [0.29, 0.717) is 17.2 Å². The molecule has 1 atom stereocenters. The molecule has 0 N–H and O–H groups in total. The van der Waals surface area contributed by atoms with Gasteiger partial charge in [0.1, 0.15) is 11.2 Å². The average molecular weight is 559 g/mol. The molecule has 0 aliphatic heterocycles. The summed E-state index contributed by atoms with van der Waals surface area (Å²) in [4.78, 5) is 8.12. The Labute approximate surface area is 219 Å². The molecule has 11 heteroatoms. The highest BCUT2D eigenvalue weighted by molar-refractivity contribution is 7.91. The van der Waals surface area contributed by atoms with Crippen molar-refractivity contribution >= 4 is 31.7 Å². The standard InChI is InChI=1S/C27H21F3N2O4S2/c1-3-38(34,35)24-15-21(19-10-8-18(9-11-19)7-6-17-4-5-17)16(2)31-25(24)26-32-22-14-20(12-13-23(22)36-26)37(33)27(28,29)30/h8-15,17H,3-5H2,1-2H3. The normalized spacial score (nSPS) is 14.8. The number of nitrogens with zero attached hydrogens (tertiary/aromatic N) is 2. The molecule has 1 aliphatic carbocycles. The van der Waals surface area contributed by atoms with Crippen molar-refractivity contribution in [2.75, 3.05) is 5.75 Å². The Bertz CT molecular complexity index is 1750. The predicted octanol–water partition coefficient (Wildman–Crippen LogP) is 6.05. The molecule has 0 radical (unpaired) electrons. The summed E-state index contributed by atoms with van der Waals surface area (Å²) in [6.07, 6.45) is 2.26. The highest BCUT2D eigenvalue weighted by atomic mass is 32.2. The number of hydrogen-bond donors (Lipinski definition) is 0. The molecule has 1 aliphatic rings. The van der Waals surface area contributed by atoms with Gasteiger partial charge in [-0.25, -0.2) is 22.6 Å². The number of hydrogen-bond acceptors (Lipinski definition) is 6. The number of rotatable bonds is 5. The number of benzene rings is 2. The van der Waals surface area contributed by atoms with Gasteiger partial charge in [-0.15, -0.1) is 0 Å². The first-order valence-electron chi connectivity index (χ1n) is 11.7. The van der Waals surface area contributed by atoms with Gasteiger partial charge in [0.05, 0.1) is 15.5 Å². The van der Waals surface area contributed by atoms with E-state index in [1.165, 1.54) is 19.1 Å². The molecule has 0 bridgehead atoms. The summed E-state index contributed by atoms with van der Waals surface area (Å²) in [7, 11) is -7.05. The molecule has 1 saturated carbocycles. The first-order chi connectivity index (χ1) is 18.0. The Morgan fingerprint density at radius 1 is 1.08 bits per heavy atom. The van der Waals surface area contributed by atoms with Gasteiger partial charge in [-0.3, -0.25) is 0 Å². The lowest BCUT2D eigenvalue weighted by Gasteiger charge is -2.12. The van der Waals surface area contributed by atoms with Crippen LogP contribution in [0.25, 0.3) is 33.8 Å². The molecule has 1 unspecified atom stereocenters. The van der Waals surface area contributed by atoms with Crippen molar-refractivity contribution in [3.05, 3.63) is 59.8 Å². The van der Waals surface area contributed by atoms with E-state index in [1.54, 1.807) is 6.92 Å². The van der Waals surface area contributed by atoms with Crippen molar-refractivity contribution in [2.24, 2.45) is 5.92 Å². The van der Waals surface area contributed by atoms with Crippen molar-refractivity contribution < 1.29 is 30.2 Å². The maximum absolute atomic E-state index is 13.1. The lowest BCUT2D eigenvalue weighted by Crippen LogP contribution is -2.16. The molecule has 4 aromatic rings. The van der Waals surface area contributed by atoms with Gasteiger partial charge < -0.3 is 4.42 Å². The van der Waals surface area contributed by atoms with E-state index in [-0.39, 0.29) is 33.3 Å². The molecule has 2 aromatic heterocycles. The summed E-state index contributed by atoms with van der Waals surface area (Å²) < 4.78 is 82.3. The summed E-state index contributed by atoms with van der Waals surface area (Å²) in [5.41, 5.74) is -2.15. The second kappa shape index (κ2) is 9.67. The SMILES string of the molecule is CCS(=O)(=O)c1cc(-c2ccc(C#CC3CC3)cc2)c(C)nc1-c1nc2cc(S(=O)C(F)(F)F)ccc2o1. The van der Waals surface area contributed by atoms with Crippen LogP contribution in [0.1, 0.15) is 31.0 Å². The van der Waals surface area contributed by atoms with Crippen LogP contribution in [0.5, 0.6) is 0 Å². The fourth-order valence-corrected chi connectivity index (χ4v) is 5.54. The van der Waals surface area contributed by atoms with E-state index in [0.717, 1.165) is 36.1 Å². The fraction of sp³-hybridized carbons (Fsp3) is 0.259. The molecular formula is C27H21F3N2O4S2. The van der Waals surface area contributed by atoms with Crippen molar-refractivity contribution in [2.45, 2.75) is 42.0 Å². The highest BCUT2D eigenvalue weighted by Gasteiger charge is 2.38. The molecule has 38 heavy (non-hydrogen) atoms. The molecule has 1 fully saturated rings. The Morgan fingerprint density at radius 3 is 2.42 bits per heavy atom. The first-order valence-corrected chi connectivity index (χ1v) is 14.5. The first kappa shape index (κ1) is 26.1. The number of fused-ring (bicyclic) bond motifs is 1. The van der Waals surface area contributed by atoms with Crippen LogP contribution in [0.4, 0.5) is 13.2 Å². The molecule has 5 rings (SSSR count). The quantitative estimate of drug-likeness (QED) is 0.277. The number of sulfone groups is 1. The van der Waals surface area contributed by atoms with Crippen LogP contribution in [0.15, 0.2) is 62.7 Å². The average Bonchev–Trinajstić information content (AvgIpc) is 3.62. The number of pyridine rings is 1. The zero-order chi connectivity index (χ0) is 27.2. The van der Waals surface area contributed by atoms with Crippen LogP contribution < -0.4 is 0 Å². The van der Waals surface area contributed by atoms with E-state index in [4.69, 9.17) is 4.42 Å². The minimum Gasteiger partial charge on any atom is -0.435 e. The second-order valence-electron chi connectivity index (χ2n) is 8.86. The fourth-order valence-electron chi connectivity index (χ4n) is 3.83. The summed E-state index contributed by atoms with van der Waals surface area (Å²) in [6.45, 7) is 3.21. The van der Waals surface area contributed by atoms with Crippen molar-refractivity contribution in [3.8, 4) is 34.6 Å². The Kier molecular flexibility index (Phi) is 6.65. The van der Waals surface area contributed by atoms with Gasteiger partial charge in [0.15, 0.2) is 26.2 Å².